The number of nitrogens with one attached hydrogen (secondary N) is 1. The summed E-state index contributed by atoms with van der Waals surface area (Å²) < 4.78 is 5.25. The quantitative estimate of drug-likeness (QED) is 0.428. The van der Waals surface area contributed by atoms with Crippen molar-refractivity contribution >= 4 is 17.3 Å². The maximum absolute atomic E-state index is 5.25. The summed E-state index contributed by atoms with van der Waals surface area (Å²) in [6.45, 7) is 0.917. The highest BCUT2D eigenvalue weighted by Gasteiger charge is 1.90. The van der Waals surface area contributed by atoms with Gasteiger partial charge in [-0.25, -0.2) is 0 Å². The van der Waals surface area contributed by atoms with E-state index >= 15 is 0 Å². The molecule has 0 bridgehead atoms. The van der Waals surface area contributed by atoms with E-state index in [-0.39, 0.29) is 5.11 Å². The van der Waals surface area contributed by atoms with Gasteiger partial charge < -0.3 is 15.8 Å². The molecule has 0 aliphatic rings. The van der Waals surface area contributed by atoms with Gasteiger partial charge in [0.2, 0.25) is 0 Å². The smallest absolute Gasteiger partial charge is 0.165 e. The van der Waals surface area contributed by atoms with Gasteiger partial charge in [-0.1, -0.05) is 30.3 Å². The highest BCUT2D eigenvalue weighted by Crippen LogP contribution is 1.99. The fraction of sp³-hybridized carbons (Fsp3) is 0.222. The number of hydrogen-bond acceptors (Lipinski definition) is 2. The molecule has 0 aliphatic carbocycles. The minimum absolute atomic E-state index is 0.257. The normalized spacial score (nSPS) is 9.54. The largest absolute Gasteiger partial charge is 0.376 e. The summed E-state index contributed by atoms with van der Waals surface area (Å²) in [5, 5.41) is 2.96. The van der Waals surface area contributed by atoms with Crippen LogP contribution < -0.4 is 11.1 Å². The number of nitrogens with two attached hydrogens (primary N) is 1. The molecule has 0 amide bonds. The molecule has 0 spiro atoms. The average molecular weight is 196 g/mol. The summed E-state index contributed by atoms with van der Waals surface area (Å²) in [5.41, 5.74) is 6.34. The third-order valence-corrected chi connectivity index (χ3v) is 1.60. The van der Waals surface area contributed by atoms with Crippen LogP contribution in [-0.2, 0) is 11.3 Å². The van der Waals surface area contributed by atoms with Crippen molar-refractivity contribution in [2.24, 2.45) is 5.73 Å². The Morgan fingerprint density at radius 3 is 2.69 bits per heavy atom. The molecule has 0 aliphatic heterocycles. The first-order chi connectivity index (χ1) is 6.29. The van der Waals surface area contributed by atoms with Crippen molar-refractivity contribution in [2.75, 3.05) is 6.73 Å². The Morgan fingerprint density at radius 2 is 2.08 bits per heavy atom. The molecule has 1 aromatic rings. The fourth-order valence-electron chi connectivity index (χ4n) is 0.865. The zero-order valence-electron chi connectivity index (χ0n) is 7.19. The third-order valence-electron chi connectivity index (χ3n) is 1.46. The molecule has 3 N–H and O–H groups in total. The molecule has 0 fully saturated rings. The van der Waals surface area contributed by atoms with Crippen molar-refractivity contribution in [3.05, 3.63) is 35.9 Å². The predicted octanol–water partition coefficient (Wildman–Crippen LogP) is 0.994. The summed E-state index contributed by atoms with van der Waals surface area (Å²) in [5.74, 6) is 0. The maximum atomic E-state index is 5.25. The Balaban J connectivity index is 2.17. The van der Waals surface area contributed by atoms with E-state index in [4.69, 9.17) is 10.5 Å². The van der Waals surface area contributed by atoms with Crippen LogP contribution in [0.25, 0.3) is 0 Å². The Kier molecular flexibility index (Phi) is 4.21. The lowest BCUT2D eigenvalue weighted by molar-refractivity contribution is 0.116. The summed E-state index contributed by atoms with van der Waals surface area (Å²) in [6.07, 6.45) is 0. The molecule has 0 radical (unpaired) electrons. The highest BCUT2D eigenvalue weighted by atomic mass is 32.1. The number of benzene rings is 1. The first kappa shape index (κ1) is 9.95. The first-order valence-corrected chi connectivity index (χ1v) is 4.35. The Morgan fingerprint density at radius 1 is 1.38 bits per heavy atom. The molecule has 0 saturated heterocycles. The molecule has 3 nitrogen and oxygen atoms in total. The minimum atomic E-state index is 0.257. The van der Waals surface area contributed by atoms with Gasteiger partial charge in [-0.05, 0) is 17.8 Å². The van der Waals surface area contributed by atoms with Crippen LogP contribution in [0.4, 0.5) is 0 Å². The van der Waals surface area contributed by atoms with Crippen LogP contribution in [0.3, 0.4) is 0 Å². The number of hydrogen-bond donors (Lipinski definition) is 2. The molecule has 0 saturated carbocycles. The van der Waals surface area contributed by atoms with Crippen LogP contribution in [0.5, 0.6) is 0 Å². The minimum Gasteiger partial charge on any atom is -0.376 e. The zero-order valence-corrected chi connectivity index (χ0v) is 8.01. The van der Waals surface area contributed by atoms with E-state index in [1.807, 2.05) is 30.3 Å². The van der Waals surface area contributed by atoms with Gasteiger partial charge in [0.1, 0.15) is 6.73 Å². The second-order valence-corrected chi connectivity index (χ2v) is 2.96. The second kappa shape index (κ2) is 5.50. The summed E-state index contributed by atoms with van der Waals surface area (Å²) in [6, 6.07) is 9.91. The molecule has 4 heteroatoms. The van der Waals surface area contributed by atoms with Crippen LogP contribution in [0.15, 0.2) is 30.3 Å². The van der Waals surface area contributed by atoms with E-state index in [0.29, 0.717) is 13.3 Å². The van der Waals surface area contributed by atoms with Gasteiger partial charge >= 0.3 is 0 Å². The molecular weight excluding hydrogens is 184 g/mol. The van der Waals surface area contributed by atoms with Crippen LogP contribution in [0, 0.1) is 0 Å². The maximum Gasteiger partial charge on any atom is 0.165 e. The second-order valence-electron chi connectivity index (χ2n) is 2.52. The van der Waals surface area contributed by atoms with E-state index in [9.17, 15) is 0 Å². The Hall–Kier alpha value is -1.13. The SMILES string of the molecule is NC(=S)NCOCc1ccccc1. The molecule has 13 heavy (non-hydrogen) atoms. The van der Waals surface area contributed by atoms with Crippen molar-refractivity contribution in [3.63, 3.8) is 0 Å². The summed E-state index contributed by atoms with van der Waals surface area (Å²) in [7, 11) is 0. The predicted molar refractivity (Wildman–Crippen MR) is 56.0 cm³/mol. The van der Waals surface area contributed by atoms with Gasteiger partial charge in [0.05, 0.1) is 6.61 Å². The van der Waals surface area contributed by atoms with Gasteiger partial charge in [0, 0.05) is 0 Å². The summed E-state index contributed by atoms with van der Waals surface area (Å²) in [4.78, 5) is 0. The van der Waals surface area contributed by atoms with Gasteiger partial charge in [-0.15, -0.1) is 0 Å². The van der Waals surface area contributed by atoms with Crippen molar-refractivity contribution in [1.29, 1.82) is 0 Å². The number of thiocarbonyl (C=S) groups is 1. The van der Waals surface area contributed by atoms with E-state index in [2.05, 4.69) is 17.5 Å². The van der Waals surface area contributed by atoms with Crippen molar-refractivity contribution < 1.29 is 4.74 Å². The molecule has 0 heterocycles. The highest BCUT2D eigenvalue weighted by molar-refractivity contribution is 7.80. The van der Waals surface area contributed by atoms with E-state index in [1.165, 1.54) is 0 Å². The molecule has 1 aromatic carbocycles. The molecule has 0 atom stereocenters. The molecule has 0 aromatic heterocycles. The van der Waals surface area contributed by atoms with Crippen LogP contribution in [-0.4, -0.2) is 11.8 Å². The number of rotatable bonds is 4. The van der Waals surface area contributed by atoms with Crippen molar-refractivity contribution in [3.8, 4) is 0 Å². The van der Waals surface area contributed by atoms with E-state index in [0.717, 1.165) is 5.56 Å². The van der Waals surface area contributed by atoms with Gasteiger partial charge in [-0.2, -0.15) is 0 Å². The first-order valence-electron chi connectivity index (χ1n) is 3.94. The van der Waals surface area contributed by atoms with Gasteiger partial charge in [0.15, 0.2) is 5.11 Å². The van der Waals surface area contributed by atoms with E-state index in [1.54, 1.807) is 0 Å². The van der Waals surface area contributed by atoms with E-state index < -0.39 is 0 Å². The van der Waals surface area contributed by atoms with Crippen LogP contribution in [0.2, 0.25) is 0 Å². The van der Waals surface area contributed by atoms with Gasteiger partial charge in [0.25, 0.3) is 0 Å². The lowest BCUT2D eigenvalue weighted by Crippen LogP contribution is -2.30. The average Bonchev–Trinajstić information content (AvgIpc) is 2.14. The van der Waals surface area contributed by atoms with Crippen molar-refractivity contribution in [1.82, 2.24) is 5.32 Å². The zero-order chi connectivity index (χ0) is 9.52. The molecule has 0 unspecified atom stereocenters. The molecule has 1 rings (SSSR count). The third kappa shape index (κ3) is 4.45. The lowest BCUT2D eigenvalue weighted by Gasteiger charge is -2.05. The Labute approximate surface area is 82.9 Å². The molecule has 70 valence electrons. The van der Waals surface area contributed by atoms with Gasteiger partial charge in [-0.3, -0.25) is 0 Å². The van der Waals surface area contributed by atoms with Crippen LogP contribution >= 0.6 is 12.2 Å². The van der Waals surface area contributed by atoms with Crippen molar-refractivity contribution in [2.45, 2.75) is 6.61 Å². The lowest BCUT2D eigenvalue weighted by atomic mass is 10.2. The Bertz CT molecular complexity index is 264. The topological polar surface area (TPSA) is 47.3 Å². The monoisotopic (exact) mass is 196 g/mol. The standard InChI is InChI=1S/C9H12N2OS/c10-9(13)11-7-12-6-8-4-2-1-3-5-8/h1-5H,6-7H2,(H3,10,11,13). The molecular formula is C9H12N2OS. The number of ether oxygens (including phenoxy) is 1. The fourth-order valence-corrected chi connectivity index (χ4v) is 0.924. The van der Waals surface area contributed by atoms with Crippen LogP contribution in [0.1, 0.15) is 5.56 Å². The summed E-state index contributed by atoms with van der Waals surface area (Å²) >= 11 is 4.61.